The van der Waals surface area contributed by atoms with Crippen LogP contribution in [0.25, 0.3) is 0 Å². The van der Waals surface area contributed by atoms with Gasteiger partial charge in [0.05, 0.1) is 0 Å². The molecule has 3 heteroatoms. The van der Waals surface area contributed by atoms with Crippen LogP contribution in [0.15, 0.2) is 0 Å². The molecule has 0 nitrogen and oxygen atoms in total. The second-order valence-electron chi connectivity index (χ2n) is 2.74. The van der Waals surface area contributed by atoms with Gasteiger partial charge in [-0.25, -0.2) is 0 Å². The molecule has 0 spiro atoms. The van der Waals surface area contributed by atoms with E-state index in [1.54, 1.807) is 12.8 Å². The maximum absolute atomic E-state index is 1.55. The maximum Gasteiger partial charge on any atom is 0.216 e. The maximum atomic E-state index is 1.55. The van der Waals surface area contributed by atoms with Crippen molar-refractivity contribution in [2.75, 3.05) is 0 Å². The molecular formula is C6H15AlI2. The molecule has 0 aromatic rings. The van der Waals surface area contributed by atoms with Crippen LogP contribution in [0.2, 0.25) is 4.78 Å². The highest BCUT2D eigenvalue weighted by atomic mass is 127. The predicted molar refractivity (Wildman–Crippen MR) is 66.2 cm³/mol. The molecular weight excluding hydrogens is 353 g/mol. The Hall–Kier alpha value is 1.99. The predicted octanol–water partition coefficient (Wildman–Crippen LogP) is 2.61. The van der Waals surface area contributed by atoms with Crippen molar-refractivity contribution in [1.29, 1.82) is 0 Å². The van der Waals surface area contributed by atoms with Crippen LogP contribution >= 0.6 is 48.0 Å². The van der Waals surface area contributed by atoms with Crippen LogP contribution in [0.3, 0.4) is 0 Å². The first kappa shape index (κ1) is 13.6. The molecule has 0 amide bonds. The Balaban J connectivity index is 0. The van der Waals surface area contributed by atoms with E-state index in [-0.39, 0.29) is 48.0 Å². The van der Waals surface area contributed by atoms with E-state index in [2.05, 4.69) is 0 Å². The van der Waals surface area contributed by atoms with E-state index in [9.17, 15) is 0 Å². The highest BCUT2D eigenvalue weighted by Crippen LogP contribution is 2.24. The van der Waals surface area contributed by atoms with Gasteiger partial charge in [-0.15, -0.1) is 48.0 Å². The topological polar surface area (TPSA) is 0 Å². The average Bonchev–Trinajstić information content (AvgIpc) is 1.69. The molecule has 0 atom stereocenters. The van der Waals surface area contributed by atoms with E-state index in [1.807, 2.05) is 0 Å². The minimum atomic E-state index is 0. The van der Waals surface area contributed by atoms with Gasteiger partial charge in [0.15, 0.2) is 0 Å². The first-order valence-electron chi connectivity index (χ1n) is 3.39. The van der Waals surface area contributed by atoms with Gasteiger partial charge in [-0.3, -0.25) is 0 Å². The molecule has 1 aliphatic rings. The molecule has 0 aliphatic heterocycles. The van der Waals surface area contributed by atoms with Crippen LogP contribution in [0.1, 0.15) is 32.1 Å². The molecule has 0 radical (unpaired) electrons. The van der Waals surface area contributed by atoms with Crippen molar-refractivity contribution < 1.29 is 0 Å². The fraction of sp³-hybridized carbons (Fsp3) is 1.00. The van der Waals surface area contributed by atoms with Crippen molar-refractivity contribution in [2.45, 2.75) is 36.9 Å². The zero-order chi connectivity index (χ0) is 5.11. The summed E-state index contributed by atoms with van der Waals surface area (Å²) in [4.78, 5) is 0. The second kappa shape index (κ2) is 8.09. The minimum absolute atomic E-state index is 0. The molecule has 0 aromatic carbocycles. The largest absolute Gasteiger partial charge is 0.216 e. The third kappa shape index (κ3) is 6.39. The fourth-order valence-corrected chi connectivity index (χ4v) is 2.12. The average molecular weight is 368 g/mol. The number of hydrogen-bond donors (Lipinski definition) is 0. The number of hydrogen-bond acceptors (Lipinski definition) is 0. The van der Waals surface area contributed by atoms with E-state index in [0.717, 1.165) is 0 Å². The Bertz CT molecular complexity index is 53.0. The lowest BCUT2D eigenvalue weighted by molar-refractivity contribution is 0.504. The first-order chi connectivity index (χ1) is 3.39. The van der Waals surface area contributed by atoms with E-state index >= 15 is 0 Å². The van der Waals surface area contributed by atoms with Gasteiger partial charge in [0, 0.05) is 0 Å². The standard InChI is InChI=1S/C6H11.Al.2HI.2H/c1-2-4-6-5-3-1;;;;;/h1H,2-6H2;;2*1H;;. The van der Waals surface area contributed by atoms with Crippen molar-refractivity contribution in [3.8, 4) is 0 Å². The van der Waals surface area contributed by atoms with Gasteiger partial charge in [-0.05, 0) is 0 Å². The Morgan fingerprint density at radius 2 is 1.33 bits per heavy atom. The van der Waals surface area contributed by atoms with Gasteiger partial charge in [0.25, 0.3) is 0 Å². The van der Waals surface area contributed by atoms with Crippen LogP contribution in [-0.4, -0.2) is 16.3 Å². The normalized spacial score (nSPS) is 19.6. The summed E-state index contributed by atoms with van der Waals surface area (Å²) in [6.45, 7) is 0. The Kier molecular flexibility index (Phi) is 12.2. The van der Waals surface area contributed by atoms with Crippen LogP contribution in [0.4, 0.5) is 0 Å². The zero-order valence-electron chi connectivity index (χ0n) is 5.93. The SMILES string of the molecule is I.I.[AlH2][CH]1CCCCC1. The third-order valence-electron chi connectivity index (χ3n) is 1.89. The van der Waals surface area contributed by atoms with Gasteiger partial charge in [-0.1, -0.05) is 36.9 Å². The summed E-state index contributed by atoms with van der Waals surface area (Å²) in [5.74, 6) is 0. The van der Waals surface area contributed by atoms with E-state index in [0.29, 0.717) is 0 Å². The molecule has 1 saturated carbocycles. The van der Waals surface area contributed by atoms with E-state index < -0.39 is 0 Å². The highest BCUT2D eigenvalue weighted by Gasteiger charge is 2.06. The Labute approximate surface area is 100 Å². The molecule has 0 saturated heterocycles. The van der Waals surface area contributed by atoms with E-state index in [4.69, 9.17) is 0 Å². The van der Waals surface area contributed by atoms with Crippen LogP contribution < -0.4 is 0 Å². The van der Waals surface area contributed by atoms with Gasteiger partial charge in [0.2, 0.25) is 16.3 Å². The van der Waals surface area contributed by atoms with E-state index in [1.165, 1.54) is 40.3 Å². The first-order valence-corrected chi connectivity index (χ1v) is 4.55. The molecule has 1 aliphatic carbocycles. The van der Waals surface area contributed by atoms with Gasteiger partial charge < -0.3 is 0 Å². The Morgan fingerprint density at radius 3 is 1.56 bits per heavy atom. The highest BCUT2D eigenvalue weighted by molar-refractivity contribution is 14.0. The molecule has 9 heavy (non-hydrogen) atoms. The van der Waals surface area contributed by atoms with Gasteiger partial charge >= 0.3 is 0 Å². The number of rotatable bonds is 0. The summed E-state index contributed by atoms with van der Waals surface area (Å²) in [7, 11) is 0. The summed E-state index contributed by atoms with van der Waals surface area (Å²) in [5, 5.41) is 0. The van der Waals surface area contributed by atoms with Crippen LogP contribution in [-0.2, 0) is 0 Å². The van der Waals surface area contributed by atoms with Crippen molar-refractivity contribution in [1.82, 2.24) is 0 Å². The summed E-state index contributed by atoms with van der Waals surface area (Å²) in [6.07, 6.45) is 7.65. The summed E-state index contributed by atoms with van der Waals surface area (Å²) < 4.78 is 1.17. The summed E-state index contributed by atoms with van der Waals surface area (Å²) >= 11 is 1.45. The number of halogens is 2. The van der Waals surface area contributed by atoms with Gasteiger partial charge in [0.1, 0.15) is 0 Å². The van der Waals surface area contributed by atoms with Crippen LogP contribution in [0, 0.1) is 0 Å². The molecule has 0 heterocycles. The van der Waals surface area contributed by atoms with Crippen molar-refractivity contribution in [3.05, 3.63) is 0 Å². The molecule has 1 rings (SSSR count). The zero-order valence-corrected chi connectivity index (χ0v) is 12.6. The van der Waals surface area contributed by atoms with Crippen molar-refractivity contribution >= 4 is 64.2 Å². The second-order valence-corrected chi connectivity index (χ2v) is 4.38. The van der Waals surface area contributed by atoms with Crippen LogP contribution in [0.5, 0.6) is 0 Å². The molecule has 0 N–H and O–H groups in total. The summed E-state index contributed by atoms with van der Waals surface area (Å²) in [5.41, 5.74) is 0. The summed E-state index contributed by atoms with van der Waals surface area (Å²) in [6, 6.07) is 0. The monoisotopic (exact) mass is 368 g/mol. The third-order valence-corrected chi connectivity index (χ3v) is 3.05. The lowest BCUT2D eigenvalue weighted by Crippen LogP contribution is -1.98. The minimum Gasteiger partial charge on any atom is -0.107 e. The lowest BCUT2D eigenvalue weighted by Gasteiger charge is -2.15. The fourth-order valence-electron chi connectivity index (χ4n) is 1.31. The molecule has 56 valence electrons. The van der Waals surface area contributed by atoms with Gasteiger partial charge in [-0.2, -0.15) is 0 Å². The quantitative estimate of drug-likeness (QED) is 0.456. The lowest BCUT2D eigenvalue weighted by atomic mass is 10.0. The molecule has 0 unspecified atom stereocenters. The molecule has 0 bridgehead atoms. The van der Waals surface area contributed by atoms with Crippen molar-refractivity contribution in [3.63, 3.8) is 0 Å². The molecule has 1 fully saturated rings. The van der Waals surface area contributed by atoms with Crippen molar-refractivity contribution in [2.24, 2.45) is 0 Å². The molecule has 0 aromatic heterocycles. The smallest absolute Gasteiger partial charge is 0.107 e. The Morgan fingerprint density at radius 1 is 0.889 bits per heavy atom.